The molecule has 0 saturated carbocycles. The quantitative estimate of drug-likeness (QED) is 0.604. The first-order chi connectivity index (χ1) is 11.9. The highest BCUT2D eigenvalue weighted by molar-refractivity contribution is 7.09. The maximum Gasteiger partial charge on any atom is 0.434 e. The van der Waals surface area contributed by atoms with E-state index in [1.165, 1.54) is 0 Å². The lowest BCUT2D eigenvalue weighted by molar-refractivity contribution is -0.140. The third-order valence-corrected chi connectivity index (χ3v) is 4.24. The number of hydrogen-bond acceptors (Lipinski definition) is 4. The maximum atomic E-state index is 12.5. The molecular weight excluding hydrogens is 353 g/mol. The van der Waals surface area contributed by atoms with Crippen LogP contribution in [0.5, 0.6) is 5.75 Å². The van der Waals surface area contributed by atoms with E-state index in [-0.39, 0.29) is 0 Å². The first-order valence-electron chi connectivity index (χ1n) is 7.52. The Morgan fingerprint density at radius 1 is 1.28 bits per heavy atom. The van der Waals surface area contributed by atoms with Gasteiger partial charge in [0.25, 0.3) is 0 Å². The number of alkyl halides is 3. The Morgan fingerprint density at radius 3 is 2.68 bits per heavy atom. The summed E-state index contributed by atoms with van der Waals surface area (Å²) < 4.78 is 42.8. The van der Waals surface area contributed by atoms with Crippen molar-refractivity contribution in [2.24, 2.45) is 4.99 Å². The van der Waals surface area contributed by atoms with Gasteiger partial charge in [0, 0.05) is 37.5 Å². The van der Waals surface area contributed by atoms with Gasteiger partial charge in [-0.25, -0.2) is 4.98 Å². The second kappa shape index (κ2) is 8.70. The summed E-state index contributed by atoms with van der Waals surface area (Å²) >= 11 is 1.00. The molecule has 0 aliphatic carbocycles. The Hall–Kier alpha value is -2.29. The summed E-state index contributed by atoms with van der Waals surface area (Å²) in [6.07, 6.45) is -4.01. The van der Waals surface area contributed by atoms with Gasteiger partial charge in [-0.1, -0.05) is 18.2 Å². The van der Waals surface area contributed by atoms with Crippen LogP contribution in [0.1, 0.15) is 16.3 Å². The molecule has 0 saturated heterocycles. The van der Waals surface area contributed by atoms with Gasteiger partial charge in [0.1, 0.15) is 5.75 Å². The molecule has 2 N–H and O–H groups in total. The first-order valence-corrected chi connectivity index (χ1v) is 8.40. The molecule has 0 bridgehead atoms. The number of aromatic nitrogens is 1. The van der Waals surface area contributed by atoms with Gasteiger partial charge in [-0.05, 0) is 6.07 Å². The van der Waals surface area contributed by atoms with Gasteiger partial charge in [0.2, 0.25) is 0 Å². The molecule has 1 aromatic carbocycles. The summed E-state index contributed by atoms with van der Waals surface area (Å²) in [6, 6.07) is 7.61. The highest BCUT2D eigenvalue weighted by Gasteiger charge is 2.33. The van der Waals surface area contributed by atoms with E-state index >= 15 is 0 Å². The molecule has 0 unspecified atom stereocenters. The molecule has 25 heavy (non-hydrogen) atoms. The minimum absolute atomic E-state index is 0.385. The maximum absolute atomic E-state index is 12.5. The van der Waals surface area contributed by atoms with E-state index in [4.69, 9.17) is 4.74 Å². The van der Waals surface area contributed by atoms with Crippen molar-refractivity contribution in [3.8, 4) is 5.75 Å². The van der Waals surface area contributed by atoms with E-state index in [9.17, 15) is 13.2 Å². The minimum Gasteiger partial charge on any atom is -0.496 e. The third kappa shape index (κ3) is 5.63. The number of benzene rings is 1. The van der Waals surface area contributed by atoms with E-state index in [1.807, 2.05) is 24.3 Å². The summed E-state index contributed by atoms with van der Waals surface area (Å²) in [7, 11) is 3.23. The average molecular weight is 372 g/mol. The lowest BCUT2D eigenvalue weighted by atomic mass is 10.2. The van der Waals surface area contributed by atoms with Crippen molar-refractivity contribution in [2.75, 3.05) is 20.7 Å². The molecule has 0 radical (unpaired) electrons. The number of methoxy groups -OCH3 is 1. The SMILES string of the molecule is CN=C(NCCc1nc(C(F)(F)F)cs1)NCc1ccccc1OC. The van der Waals surface area contributed by atoms with Gasteiger partial charge in [0.05, 0.1) is 12.1 Å². The molecule has 0 aliphatic heterocycles. The van der Waals surface area contributed by atoms with Crippen molar-refractivity contribution in [3.05, 3.63) is 45.9 Å². The number of nitrogens with zero attached hydrogens (tertiary/aromatic N) is 2. The van der Waals surface area contributed by atoms with E-state index in [1.54, 1.807) is 14.2 Å². The lowest BCUT2D eigenvalue weighted by Gasteiger charge is -2.13. The highest BCUT2D eigenvalue weighted by Crippen LogP contribution is 2.30. The van der Waals surface area contributed by atoms with E-state index in [0.29, 0.717) is 30.5 Å². The van der Waals surface area contributed by atoms with Crippen molar-refractivity contribution in [3.63, 3.8) is 0 Å². The van der Waals surface area contributed by atoms with Crippen molar-refractivity contribution in [1.82, 2.24) is 15.6 Å². The topological polar surface area (TPSA) is 58.5 Å². The molecule has 9 heteroatoms. The molecule has 0 atom stereocenters. The second-order valence-corrected chi connectivity index (χ2v) is 5.98. The van der Waals surface area contributed by atoms with Gasteiger partial charge in [-0.2, -0.15) is 13.2 Å². The Balaban J connectivity index is 1.82. The highest BCUT2D eigenvalue weighted by atomic mass is 32.1. The Bertz CT molecular complexity index is 715. The number of aliphatic imine (C=N–C) groups is 1. The van der Waals surface area contributed by atoms with E-state index in [0.717, 1.165) is 28.0 Å². The van der Waals surface area contributed by atoms with Crippen LogP contribution >= 0.6 is 11.3 Å². The Labute approximate surface area is 148 Å². The van der Waals surface area contributed by atoms with Crippen LogP contribution < -0.4 is 15.4 Å². The van der Waals surface area contributed by atoms with Crippen LogP contribution in [0, 0.1) is 0 Å². The fraction of sp³-hybridized carbons (Fsp3) is 0.375. The molecule has 0 aliphatic rings. The number of nitrogens with one attached hydrogen (secondary N) is 2. The second-order valence-electron chi connectivity index (χ2n) is 5.04. The molecular formula is C16H19F3N4OS. The molecule has 2 aromatic rings. The predicted molar refractivity (Wildman–Crippen MR) is 92.0 cm³/mol. The number of hydrogen-bond donors (Lipinski definition) is 2. The van der Waals surface area contributed by atoms with E-state index < -0.39 is 11.9 Å². The molecule has 0 spiro atoms. The third-order valence-electron chi connectivity index (χ3n) is 3.34. The Morgan fingerprint density at radius 2 is 2.04 bits per heavy atom. The van der Waals surface area contributed by atoms with Gasteiger partial charge < -0.3 is 15.4 Å². The minimum atomic E-state index is -4.39. The molecule has 2 rings (SSSR count). The zero-order chi connectivity index (χ0) is 18.3. The van der Waals surface area contributed by atoms with Crippen LogP contribution in [-0.4, -0.2) is 31.6 Å². The normalized spacial score (nSPS) is 12.1. The average Bonchev–Trinajstić information content (AvgIpc) is 3.07. The van der Waals surface area contributed by atoms with Crippen molar-refractivity contribution in [1.29, 1.82) is 0 Å². The van der Waals surface area contributed by atoms with Crippen LogP contribution in [0.4, 0.5) is 13.2 Å². The molecule has 136 valence electrons. The monoisotopic (exact) mass is 372 g/mol. The Kier molecular flexibility index (Phi) is 6.63. The number of para-hydroxylation sites is 1. The van der Waals surface area contributed by atoms with Gasteiger partial charge in [0.15, 0.2) is 11.7 Å². The largest absolute Gasteiger partial charge is 0.496 e. The van der Waals surface area contributed by atoms with Crippen molar-refractivity contribution in [2.45, 2.75) is 19.1 Å². The van der Waals surface area contributed by atoms with E-state index in [2.05, 4.69) is 20.6 Å². The van der Waals surface area contributed by atoms with Crippen molar-refractivity contribution < 1.29 is 17.9 Å². The van der Waals surface area contributed by atoms with Gasteiger partial charge >= 0.3 is 6.18 Å². The zero-order valence-corrected chi connectivity index (χ0v) is 14.7. The summed E-state index contributed by atoms with van der Waals surface area (Å²) in [5.74, 6) is 1.33. The molecule has 1 aromatic heterocycles. The van der Waals surface area contributed by atoms with Gasteiger partial charge in [-0.15, -0.1) is 11.3 Å². The number of rotatable bonds is 6. The van der Waals surface area contributed by atoms with Crippen molar-refractivity contribution >= 4 is 17.3 Å². The first kappa shape index (κ1) is 19.0. The number of guanidine groups is 1. The zero-order valence-electron chi connectivity index (χ0n) is 13.9. The summed E-state index contributed by atoms with van der Waals surface area (Å²) in [4.78, 5) is 7.69. The van der Waals surface area contributed by atoms with Crippen LogP contribution in [0.15, 0.2) is 34.6 Å². The smallest absolute Gasteiger partial charge is 0.434 e. The van der Waals surface area contributed by atoms with Gasteiger partial charge in [-0.3, -0.25) is 4.99 Å². The number of thiazole rings is 1. The molecule has 0 amide bonds. The summed E-state index contributed by atoms with van der Waals surface area (Å²) in [5, 5.41) is 7.66. The van der Waals surface area contributed by atoms with Crippen LogP contribution in [0.3, 0.4) is 0 Å². The summed E-state index contributed by atoms with van der Waals surface area (Å²) in [6.45, 7) is 0.940. The predicted octanol–water partition coefficient (Wildman–Crippen LogP) is 3.08. The molecule has 1 heterocycles. The van der Waals surface area contributed by atoms with Crippen LogP contribution in [0.2, 0.25) is 0 Å². The standard InChI is InChI=1S/C16H19F3N4OS/c1-20-15(22-9-11-5-3-4-6-12(11)24-2)21-8-7-14-23-13(10-25-14)16(17,18)19/h3-6,10H,7-9H2,1-2H3,(H2,20,21,22). The fourth-order valence-corrected chi connectivity index (χ4v) is 2.90. The van der Waals surface area contributed by atoms with Crippen LogP contribution in [0.25, 0.3) is 0 Å². The molecule has 5 nitrogen and oxygen atoms in total. The number of ether oxygens (including phenoxy) is 1. The van der Waals surface area contributed by atoms with Crippen LogP contribution in [-0.2, 0) is 19.1 Å². The molecule has 0 fully saturated rings. The lowest BCUT2D eigenvalue weighted by Crippen LogP contribution is -2.37. The fourth-order valence-electron chi connectivity index (χ4n) is 2.09. The summed E-state index contributed by atoms with van der Waals surface area (Å²) in [5.41, 5.74) is 0.133. The number of halogens is 3.